The molecule has 0 atom stereocenters. The van der Waals surface area contributed by atoms with Crippen molar-refractivity contribution in [2.24, 2.45) is 5.92 Å². The van der Waals surface area contributed by atoms with E-state index in [1.807, 2.05) is 0 Å². The van der Waals surface area contributed by atoms with Gasteiger partial charge in [-0.25, -0.2) is 8.42 Å². The Bertz CT molecular complexity index is 1110. The number of amides is 1. The lowest BCUT2D eigenvalue weighted by Gasteiger charge is -2.30. The van der Waals surface area contributed by atoms with Gasteiger partial charge in [-0.2, -0.15) is 9.57 Å². The summed E-state index contributed by atoms with van der Waals surface area (Å²) in [6.07, 6.45) is 4.96. The Morgan fingerprint density at radius 3 is 2.52 bits per heavy atom. The predicted octanol–water partition coefficient (Wildman–Crippen LogP) is 3.55. The van der Waals surface area contributed by atoms with Crippen LogP contribution in [0.4, 0.5) is 5.00 Å². The number of benzene rings is 1. The lowest BCUT2D eigenvalue weighted by molar-refractivity contribution is -0.120. The Kier molecular flexibility index (Phi) is 6.32. The molecule has 7 nitrogen and oxygen atoms in total. The van der Waals surface area contributed by atoms with E-state index in [2.05, 4.69) is 11.4 Å². The van der Waals surface area contributed by atoms with Crippen LogP contribution < -0.4 is 10.1 Å². The number of ether oxygens (including phenoxy) is 1. The highest BCUT2D eigenvalue weighted by Gasteiger charge is 2.33. The fourth-order valence-electron chi connectivity index (χ4n) is 4.24. The molecule has 1 fully saturated rings. The highest BCUT2D eigenvalue weighted by molar-refractivity contribution is 7.89. The molecule has 2 aromatic rings. The number of carbonyl (C=O) groups excluding carboxylic acids is 1. The molecule has 164 valence electrons. The third-order valence-corrected chi connectivity index (χ3v) is 9.16. The van der Waals surface area contributed by atoms with Crippen molar-refractivity contribution in [3.8, 4) is 11.8 Å². The van der Waals surface area contributed by atoms with E-state index in [1.54, 1.807) is 12.1 Å². The molecule has 0 spiro atoms. The molecular weight excluding hydrogens is 434 g/mol. The molecule has 1 N–H and O–H groups in total. The molecule has 0 unspecified atom stereocenters. The summed E-state index contributed by atoms with van der Waals surface area (Å²) in [6.45, 7) is 0.580. The summed E-state index contributed by atoms with van der Waals surface area (Å²) in [5.74, 6) is 0.200. The van der Waals surface area contributed by atoms with Crippen LogP contribution in [0.2, 0.25) is 0 Å². The van der Waals surface area contributed by atoms with Gasteiger partial charge in [0.1, 0.15) is 16.8 Å². The number of nitriles is 1. The number of anilines is 1. The molecule has 2 aliphatic rings. The second-order valence-electron chi connectivity index (χ2n) is 7.87. The summed E-state index contributed by atoms with van der Waals surface area (Å²) in [5.41, 5.74) is 1.70. The topological polar surface area (TPSA) is 99.5 Å². The lowest BCUT2D eigenvalue weighted by Crippen LogP contribution is -2.41. The molecule has 1 aliphatic carbocycles. The smallest absolute Gasteiger partial charge is 0.243 e. The molecule has 0 bridgehead atoms. The summed E-state index contributed by atoms with van der Waals surface area (Å²) < 4.78 is 32.3. The molecule has 1 aromatic heterocycles. The minimum atomic E-state index is -3.60. The molecule has 1 amide bonds. The molecule has 1 aliphatic heterocycles. The average Bonchev–Trinajstić information content (AvgIpc) is 3.16. The average molecular weight is 460 g/mol. The molecule has 0 radical (unpaired) electrons. The van der Waals surface area contributed by atoms with Gasteiger partial charge in [-0.05, 0) is 68.4 Å². The molecule has 1 saturated heterocycles. The van der Waals surface area contributed by atoms with Gasteiger partial charge in [0.2, 0.25) is 15.9 Å². The second-order valence-corrected chi connectivity index (χ2v) is 10.9. The highest BCUT2D eigenvalue weighted by Crippen LogP contribution is 2.38. The van der Waals surface area contributed by atoms with Crippen molar-refractivity contribution in [3.63, 3.8) is 0 Å². The van der Waals surface area contributed by atoms with Crippen LogP contribution in [0, 0.1) is 17.2 Å². The molecule has 1 aromatic carbocycles. The van der Waals surface area contributed by atoms with Gasteiger partial charge in [-0.15, -0.1) is 11.3 Å². The lowest BCUT2D eigenvalue weighted by atomic mass is 9.95. The van der Waals surface area contributed by atoms with Gasteiger partial charge < -0.3 is 10.1 Å². The number of sulfonamides is 1. The zero-order valence-corrected chi connectivity index (χ0v) is 19.0. The van der Waals surface area contributed by atoms with Gasteiger partial charge in [0, 0.05) is 23.9 Å². The quantitative estimate of drug-likeness (QED) is 0.737. The van der Waals surface area contributed by atoms with E-state index < -0.39 is 10.0 Å². The zero-order chi connectivity index (χ0) is 22.0. The second kappa shape index (κ2) is 8.99. The van der Waals surface area contributed by atoms with Crippen LogP contribution in [-0.4, -0.2) is 38.8 Å². The Morgan fingerprint density at radius 1 is 1.19 bits per heavy atom. The minimum absolute atomic E-state index is 0.128. The van der Waals surface area contributed by atoms with E-state index in [-0.39, 0.29) is 16.7 Å². The van der Waals surface area contributed by atoms with Gasteiger partial charge in [0.05, 0.1) is 17.6 Å². The fourth-order valence-corrected chi connectivity index (χ4v) is 6.95. The number of aryl methyl sites for hydroxylation is 1. The molecule has 0 saturated carbocycles. The van der Waals surface area contributed by atoms with Crippen LogP contribution >= 0.6 is 11.3 Å². The predicted molar refractivity (Wildman–Crippen MR) is 119 cm³/mol. The number of hydrogen-bond donors (Lipinski definition) is 1. The fraction of sp³-hybridized carbons (Fsp3) is 0.455. The minimum Gasteiger partial charge on any atom is -0.497 e. The van der Waals surface area contributed by atoms with Crippen LogP contribution in [-0.2, 0) is 27.7 Å². The summed E-state index contributed by atoms with van der Waals surface area (Å²) in [5, 5.41) is 13.2. The van der Waals surface area contributed by atoms with Gasteiger partial charge in [0.15, 0.2) is 0 Å². The van der Waals surface area contributed by atoms with Gasteiger partial charge in [-0.3, -0.25) is 4.79 Å². The van der Waals surface area contributed by atoms with E-state index in [0.29, 0.717) is 42.2 Å². The number of methoxy groups -OCH3 is 1. The van der Waals surface area contributed by atoms with Crippen LogP contribution in [0.1, 0.15) is 41.7 Å². The molecule has 31 heavy (non-hydrogen) atoms. The summed E-state index contributed by atoms with van der Waals surface area (Å²) in [4.78, 5) is 14.3. The first kappa shape index (κ1) is 21.8. The summed E-state index contributed by atoms with van der Waals surface area (Å²) >= 11 is 1.51. The van der Waals surface area contributed by atoms with Crippen molar-refractivity contribution < 1.29 is 17.9 Å². The SMILES string of the molecule is COc1ccc(S(=O)(=O)N2CCC(C(=O)Nc3sc4c(c3C#N)CCCC4)CC2)cc1. The monoisotopic (exact) mass is 459 g/mol. The number of thiophene rings is 1. The number of nitrogens with zero attached hydrogens (tertiary/aromatic N) is 2. The molecule has 4 rings (SSSR count). The Morgan fingerprint density at radius 2 is 1.87 bits per heavy atom. The maximum Gasteiger partial charge on any atom is 0.243 e. The van der Waals surface area contributed by atoms with Crippen LogP contribution in [0.3, 0.4) is 0 Å². The van der Waals surface area contributed by atoms with E-state index in [1.165, 1.54) is 39.8 Å². The number of hydrogen-bond acceptors (Lipinski definition) is 6. The molecule has 9 heteroatoms. The van der Waals surface area contributed by atoms with E-state index >= 15 is 0 Å². The molecule has 2 heterocycles. The normalized spacial score (nSPS) is 17.5. The largest absolute Gasteiger partial charge is 0.497 e. The number of nitrogens with one attached hydrogen (secondary N) is 1. The van der Waals surface area contributed by atoms with E-state index in [4.69, 9.17) is 4.74 Å². The summed E-state index contributed by atoms with van der Waals surface area (Å²) in [6, 6.07) is 8.59. The van der Waals surface area contributed by atoms with Crippen molar-refractivity contribution in [1.82, 2.24) is 4.31 Å². The number of carbonyl (C=O) groups is 1. The van der Waals surface area contributed by atoms with Crippen LogP contribution in [0.5, 0.6) is 5.75 Å². The maximum atomic E-state index is 12.9. The number of rotatable bonds is 5. The molecular formula is C22H25N3O4S2. The standard InChI is InChI=1S/C22H25N3O4S2/c1-29-16-6-8-17(9-7-16)31(27,28)25-12-10-15(11-13-25)21(26)24-22-19(14-23)18-4-2-3-5-20(18)30-22/h6-9,15H,2-5,10-13H2,1H3,(H,24,26). The van der Waals surface area contributed by atoms with Crippen molar-refractivity contribution >= 4 is 32.3 Å². The van der Waals surface area contributed by atoms with Gasteiger partial charge in [0.25, 0.3) is 0 Å². The number of piperidine rings is 1. The zero-order valence-electron chi connectivity index (χ0n) is 17.4. The van der Waals surface area contributed by atoms with Crippen molar-refractivity contribution in [3.05, 3.63) is 40.3 Å². The third kappa shape index (κ3) is 4.33. The first-order chi connectivity index (χ1) is 14.9. The van der Waals surface area contributed by atoms with Crippen molar-refractivity contribution in [2.45, 2.75) is 43.4 Å². The first-order valence-electron chi connectivity index (χ1n) is 10.4. The van der Waals surface area contributed by atoms with Crippen LogP contribution in [0.15, 0.2) is 29.2 Å². The van der Waals surface area contributed by atoms with Crippen LogP contribution in [0.25, 0.3) is 0 Å². The van der Waals surface area contributed by atoms with Crippen molar-refractivity contribution in [1.29, 1.82) is 5.26 Å². The Labute approximate surface area is 186 Å². The maximum absolute atomic E-state index is 12.9. The van der Waals surface area contributed by atoms with E-state index in [9.17, 15) is 18.5 Å². The van der Waals surface area contributed by atoms with Gasteiger partial charge in [-0.1, -0.05) is 0 Å². The number of fused-ring (bicyclic) bond motifs is 1. The summed E-state index contributed by atoms with van der Waals surface area (Å²) in [7, 11) is -2.07. The Balaban J connectivity index is 1.40. The first-order valence-corrected chi connectivity index (χ1v) is 12.7. The highest BCUT2D eigenvalue weighted by atomic mass is 32.2. The van der Waals surface area contributed by atoms with Gasteiger partial charge >= 0.3 is 0 Å². The third-order valence-electron chi connectivity index (χ3n) is 6.04. The Hall–Kier alpha value is -2.41. The van der Waals surface area contributed by atoms with E-state index in [0.717, 1.165) is 31.2 Å². The van der Waals surface area contributed by atoms with Crippen molar-refractivity contribution in [2.75, 3.05) is 25.5 Å².